The Kier molecular flexibility index (Phi) is 4.64. The molecule has 0 fully saturated rings. The van der Waals surface area contributed by atoms with Gasteiger partial charge in [-0.15, -0.1) is 11.3 Å². The number of ether oxygens (including phenoxy) is 1. The van der Waals surface area contributed by atoms with Gasteiger partial charge < -0.3 is 15.0 Å². The first-order chi connectivity index (χ1) is 10.7. The minimum Gasteiger partial charge on any atom is -0.494 e. The van der Waals surface area contributed by atoms with Crippen molar-refractivity contribution in [3.8, 4) is 5.75 Å². The number of rotatable bonds is 3. The number of nitrogens with one attached hydrogen (secondary N) is 1. The van der Waals surface area contributed by atoms with Gasteiger partial charge in [0.05, 0.1) is 12.6 Å². The van der Waals surface area contributed by atoms with Crippen molar-refractivity contribution in [2.45, 2.75) is 26.3 Å². The average molecular weight is 332 g/mol. The molecular formula is C17H20N2OS2. The molecule has 2 heterocycles. The number of thiophene rings is 1. The third-order valence-corrected chi connectivity index (χ3v) is 5.29. The van der Waals surface area contributed by atoms with Crippen molar-refractivity contribution in [1.29, 1.82) is 0 Å². The van der Waals surface area contributed by atoms with E-state index >= 15 is 0 Å². The molecule has 1 aromatic heterocycles. The van der Waals surface area contributed by atoms with Crippen LogP contribution < -0.4 is 10.1 Å². The summed E-state index contributed by atoms with van der Waals surface area (Å²) in [7, 11) is 0. The Bertz CT molecular complexity index is 651. The highest BCUT2D eigenvalue weighted by atomic mass is 32.1. The van der Waals surface area contributed by atoms with E-state index < -0.39 is 0 Å². The first kappa shape index (κ1) is 15.3. The molecule has 0 unspecified atom stereocenters. The highest BCUT2D eigenvalue weighted by Gasteiger charge is 2.26. The summed E-state index contributed by atoms with van der Waals surface area (Å²) in [6.45, 7) is 5.85. The molecule has 0 bridgehead atoms. The van der Waals surface area contributed by atoms with Gasteiger partial charge in [-0.25, -0.2) is 0 Å². The molecule has 116 valence electrons. The number of hydrogen-bond donors (Lipinski definition) is 1. The Morgan fingerprint density at radius 2 is 2.14 bits per heavy atom. The first-order valence-corrected chi connectivity index (χ1v) is 8.84. The fourth-order valence-corrected chi connectivity index (χ4v) is 4.11. The Morgan fingerprint density at radius 3 is 2.86 bits per heavy atom. The highest BCUT2D eigenvalue weighted by Crippen LogP contribution is 2.33. The zero-order valence-electron chi connectivity index (χ0n) is 12.8. The van der Waals surface area contributed by atoms with E-state index in [2.05, 4.69) is 28.6 Å². The molecule has 1 aliphatic rings. The number of hydrogen-bond acceptors (Lipinski definition) is 3. The Balaban J connectivity index is 1.67. The van der Waals surface area contributed by atoms with E-state index in [1.807, 2.05) is 42.5 Å². The van der Waals surface area contributed by atoms with Crippen molar-refractivity contribution in [1.82, 2.24) is 4.90 Å². The van der Waals surface area contributed by atoms with E-state index in [-0.39, 0.29) is 0 Å². The topological polar surface area (TPSA) is 24.5 Å². The lowest BCUT2D eigenvalue weighted by Crippen LogP contribution is -2.40. The summed E-state index contributed by atoms with van der Waals surface area (Å²) in [5.74, 6) is 0.883. The SMILES string of the molecule is CCOc1ccc(NC(=S)N2CCc3sccc3[C@H]2C)cc1. The smallest absolute Gasteiger partial charge is 0.173 e. The molecule has 5 heteroatoms. The molecule has 22 heavy (non-hydrogen) atoms. The third-order valence-electron chi connectivity index (χ3n) is 3.95. The molecule has 0 amide bonds. The maximum atomic E-state index is 5.61. The van der Waals surface area contributed by atoms with Crippen molar-refractivity contribution in [3.63, 3.8) is 0 Å². The quantitative estimate of drug-likeness (QED) is 0.839. The van der Waals surface area contributed by atoms with Crippen LogP contribution >= 0.6 is 23.6 Å². The van der Waals surface area contributed by atoms with Crippen molar-refractivity contribution in [3.05, 3.63) is 46.2 Å². The molecular weight excluding hydrogens is 312 g/mol. The van der Waals surface area contributed by atoms with E-state index in [1.165, 1.54) is 10.4 Å². The van der Waals surface area contributed by atoms with Gasteiger partial charge in [-0.1, -0.05) is 0 Å². The monoisotopic (exact) mass is 332 g/mol. The molecule has 2 aromatic rings. The van der Waals surface area contributed by atoms with Crippen molar-refractivity contribution >= 4 is 34.4 Å². The lowest BCUT2D eigenvalue weighted by Gasteiger charge is -2.35. The zero-order chi connectivity index (χ0) is 15.5. The van der Waals surface area contributed by atoms with Crippen LogP contribution in [0.15, 0.2) is 35.7 Å². The molecule has 3 rings (SSSR count). The Morgan fingerprint density at radius 1 is 1.36 bits per heavy atom. The molecule has 0 aliphatic carbocycles. The van der Waals surface area contributed by atoms with Crippen molar-refractivity contribution in [2.24, 2.45) is 0 Å². The second-order valence-electron chi connectivity index (χ2n) is 5.31. The summed E-state index contributed by atoms with van der Waals surface area (Å²) in [6.07, 6.45) is 1.07. The standard InChI is InChI=1S/C17H20N2OS2/c1-3-20-14-6-4-13(5-7-14)18-17(21)19-10-8-16-15(12(19)2)9-11-22-16/h4-7,9,11-12H,3,8,10H2,1-2H3,(H,18,21)/t12-/m1/s1. The predicted molar refractivity (Wildman–Crippen MR) is 97.0 cm³/mol. The fraction of sp³-hybridized carbons (Fsp3) is 0.353. The first-order valence-electron chi connectivity index (χ1n) is 7.55. The minimum absolute atomic E-state index is 0.331. The largest absolute Gasteiger partial charge is 0.494 e. The summed E-state index contributed by atoms with van der Waals surface area (Å²) in [4.78, 5) is 3.76. The molecule has 1 atom stereocenters. The molecule has 1 N–H and O–H groups in total. The Labute approximate surface area is 140 Å². The van der Waals surface area contributed by atoms with Crippen LogP contribution in [0, 0.1) is 0 Å². The average Bonchev–Trinajstić information content (AvgIpc) is 2.99. The van der Waals surface area contributed by atoms with Crippen LogP contribution in [0.3, 0.4) is 0 Å². The second-order valence-corrected chi connectivity index (χ2v) is 6.69. The van der Waals surface area contributed by atoms with Gasteiger partial charge in [-0.3, -0.25) is 0 Å². The minimum atomic E-state index is 0.331. The van der Waals surface area contributed by atoms with Gasteiger partial charge in [-0.05, 0) is 73.8 Å². The van der Waals surface area contributed by atoms with Crippen LogP contribution in [-0.2, 0) is 6.42 Å². The number of nitrogens with zero attached hydrogens (tertiary/aromatic N) is 1. The number of anilines is 1. The molecule has 0 saturated carbocycles. The molecule has 1 aliphatic heterocycles. The third kappa shape index (κ3) is 3.10. The highest BCUT2D eigenvalue weighted by molar-refractivity contribution is 7.80. The van der Waals surface area contributed by atoms with Gasteiger partial charge in [-0.2, -0.15) is 0 Å². The second kappa shape index (κ2) is 6.67. The number of benzene rings is 1. The maximum Gasteiger partial charge on any atom is 0.173 e. The number of thiocarbonyl (C=S) groups is 1. The molecule has 1 aromatic carbocycles. The zero-order valence-corrected chi connectivity index (χ0v) is 14.5. The van der Waals surface area contributed by atoms with E-state index in [0.717, 1.165) is 29.5 Å². The van der Waals surface area contributed by atoms with Crippen LogP contribution in [0.4, 0.5) is 5.69 Å². The fourth-order valence-electron chi connectivity index (χ4n) is 2.78. The summed E-state index contributed by atoms with van der Waals surface area (Å²) in [5, 5.41) is 6.30. The summed E-state index contributed by atoms with van der Waals surface area (Å²) < 4.78 is 5.46. The van der Waals surface area contributed by atoms with Crippen LogP contribution in [0.1, 0.15) is 30.3 Å². The van der Waals surface area contributed by atoms with Gasteiger partial charge in [0.2, 0.25) is 0 Å². The maximum absolute atomic E-state index is 5.61. The van der Waals surface area contributed by atoms with Gasteiger partial charge >= 0.3 is 0 Å². The lowest BCUT2D eigenvalue weighted by atomic mass is 10.0. The van der Waals surface area contributed by atoms with E-state index in [9.17, 15) is 0 Å². The van der Waals surface area contributed by atoms with E-state index in [4.69, 9.17) is 17.0 Å². The molecule has 0 spiro atoms. The Hall–Kier alpha value is -1.59. The van der Waals surface area contributed by atoms with Gasteiger partial charge in [0.1, 0.15) is 5.75 Å². The predicted octanol–water partition coefficient (Wildman–Crippen LogP) is 4.46. The summed E-state index contributed by atoms with van der Waals surface area (Å²) in [6, 6.07) is 10.5. The van der Waals surface area contributed by atoms with Gasteiger partial charge in [0.15, 0.2) is 5.11 Å². The number of fused-ring (bicyclic) bond motifs is 1. The van der Waals surface area contributed by atoms with E-state index in [0.29, 0.717) is 12.6 Å². The van der Waals surface area contributed by atoms with Gasteiger partial charge in [0, 0.05) is 17.1 Å². The van der Waals surface area contributed by atoms with Crippen LogP contribution in [0.5, 0.6) is 5.75 Å². The van der Waals surface area contributed by atoms with Crippen LogP contribution in [0.2, 0.25) is 0 Å². The summed E-state index contributed by atoms with van der Waals surface area (Å²) in [5.41, 5.74) is 2.41. The molecule has 0 saturated heterocycles. The molecule has 0 radical (unpaired) electrons. The van der Waals surface area contributed by atoms with E-state index in [1.54, 1.807) is 0 Å². The normalized spacial score (nSPS) is 17.0. The molecule has 3 nitrogen and oxygen atoms in total. The van der Waals surface area contributed by atoms with Crippen LogP contribution in [0.25, 0.3) is 0 Å². The summed E-state index contributed by atoms with van der Waals surface area (Å²) >= 11 is 7.46. The van der Waals surface area contributed by atoms with Crippen molar-refractivity contribution < 1.29 is 4.74 Å². The van der Waals surface area contributed by atoms with Crippen molar-refractivity contribution in [2.75, 3.05) is 18.5 Å². The van der Waals surface area contributed by atoms with Crippen LogP contribution in [-0.4, -0.2) is 23.2 Å². The van der Waals surface area contributed by atoms with Gasteiger partial charge in [0.25, 0.3) is 0 Å². The lowest BCUT2D eigenvalue weighted by molar-refractivity contribution is 0.326.